The molecule has 0 aromatic heterocycles. The van der Waals surface area contributed by atoms with Crippen molar-refractivity contribution in [2.75, 3.05) is 6.61 Å². The Morgan fingerprint density at radius 2 is 2.22 bits per heavy atom. The number of aliphatic hydroxyl groups excluding tert-OH is 2. The molecular weight excluding hydrogens is 124 g/mol. The van der Waals surface area contributed by atoms with Crippen LogP contribution in [0.2, 0.25) is 0 Å². The molecule has 1 heterocycles. The summed E-state index contributed by atoms with van der Waals surface area (Å²) in [6, 6.07) is 0. The first-order valence-corrected chi connectivity index (χ1v) is 2.73. The first-order valence-electron chi connectivity index (χ1n) is 2.73. The Bertz CT molecular complexity index is 122. The van der Waals surface area contributed by atoms with Crippen molar-refractivity contribution in [3.8, 4) is 0 Å². The monoisotopic (exact) mass is 132 g/mol. The van der Waals surface area contributed by atoms with Gasteiger partial charge in [-0.25, -0.2) is 4.79 Å². The van der Waals surface area contributed by atoms with E-state index in [-0.39, 0.29) is 13.0 Å². The van der Waals surface area contributed by atoms with Crippen molar-refractivity contribution in [1.29, 1.82) is 0 Å². The summed E-state index contributed by atoms with van der Waals surface area (Å²) in [5, 5.41) is 17.5. The van der Waals surface area contributed by atoms with E-state index in [0.29, 0.717) is 0 Å². The number of ether oxygens (including phenoxy) is 1. The standard InChI is InChI=1S/C5H8O4/c6-3-1-4(7)5(8)9-2-3/h3-4,6-7H,1-2H2/t3?,4-/m0/s1. The molecule has 1 aliphatic heterocycles. The SMILES string of the molecule is O=C1OCC(O)C[C@@H]1O. The summed E-state index contributed by atoms with van der Waals surface area (Å²) in [6.45, 7) is 0.00981. The summed E-state index contributed by atoms with van der Waals surface area (Å²) in [5.74, 6) is -0.639. The van der Waals surface area contributed by atoms with Gasteiger partial charge in [0.25, 0.3) is 0 Å². The Labute approximate surface area is 52.1 Å². The molecule has 1 unspecified atom stereocenters. The molecule has 1 saturated heterocycles. The molecular formula is C5H8O4. The number of carbonyl (C=O) groups is 1. The Kier molecular flexibility index (Phi) is 1.68. The number of hydrogen-bond donors (Lipinski definition) is 2. The normalized spacial score (nSPS) is 36.0. The summed E-state index contributed by atoms with van der Waals surface area (Å²) in [7, 11) is 0. The molecule has 0 radical (unpaired) electrons. The van der Waals surface area contributed by atoms with Crippen molar-refractivity contribution in [1.82, 2.24) is 0 Å². The Hall–Kier alpha value is -0.610. The van der Waals surface area contributed by atoms with Gasteiger partial charge in [-0.3, -0.25) is 0 Å². The van der Waals surface area contributed by atoms with Crippen molar-refractivity contribution in [3.05, 3.63) is 0 Å². The van der Waals surface area contributed by atoms with Gasteiger partial charge in [0, 0.05) is 6.42 Å². The molecule has 0 bridgehead atoms. The predicted octanol–water partition coefficient (Wildman–Crippen LogP) is -1.34. The molecule has 2 atom stereocenters. The summed E-state index contributed by atoms with van der Waals surface area (Å²) in [6.07, 6.45) is -1.73. The van der Waals surface area contributed by atoms with E-state index in [2.05, 4.69) is 4.74 Å². The van der Waals surface area contributed by atoms with Crippen LogP contribution in [-0.2, 0) is 9.53 Å². The maximum atomic E-state index is 10.4. The third-order valence-corrected chi connectivity index (χ3v) is 1.19. The van der Waals surface area contributed by atoms with Gasteiger partial charge in [-0.05, 0) is 0 Å². The van der Waals surface area contributed by atoms with Crippen molar-refractivity contribution in [2.45, 2.75) is 18.6 Å². The van der Waals surface area contributed by atoms with Crippen LogP contribution in [0.1, 0.15) is 6.42 Å². The smallest absolute Gasteiger partial charge is 0.335 e. The average molecular weight is 132 g/mol. The van der Waals surface area contributed by atoms with Gasteiger partial charge in [-0.2, -0.15) is 0 Å². The van der Waals surface area contributed by atoms with E-state index < -0.39 is 18.2 Å². The molecule has 52 valence electrons. The van der Waals surface area contributed by atoms with Crippen LogP contribution in [0, 0.1) is 0 Å². The number of cyclic esters (lactones) is 1. The lowest BCUT2D eigenvalue weighted by Gasteiger charge is -2.20. The lowest BCUT2D eigenvalue weighted by atomic mass is 10.1. The highest BCUT2D eigenvalue weighted by atomic mass is 16.6. The molecule has 1 fully saturated rings. The lowest BCUT2D eigenvalue weighted by molar-refractivity contribution is -0.166. The molecule has 1 rings (SSSR count). The van der Waals surface area contributed by atoms with Crippen LogP contribution >= 0.6 is 0 Å². The molecule has 0 aromatic rings. The maximum Gasteiger partial charge on any atom is 0.335 e. The minimum Gasteiger partial charge on any atom is -0.461 e. The highest BCUT2D eigenvalue weighted by molar-refractivity contribution is 5.75. The van der Waals surface area contributed by atoms with Gasteiger partial charge in [0.15, 0.2) is 6.10 Å². The zero-order valence-electron chi connectivity index (χ0n) is 4.78. The molecule has 9 heavy (non-hydrogen) atoms. The second-order valence-electron chi connectivity index (χ2n) is 2.04. The van der Waals surface area contributed by atoms with E-state index in [0.717, 1.165) is 0 Å². The van der Waals surface area contributed by atoms with E-state index in [1.165, 1.54) is 0 Å². The zero-order valence-corrected chi connectivity index (χ0v) is 4.78. The van der Waals surface area contributed by atoms with Gasteiger partial charge in [-0.15, -0.1) is 0 Å². The fourth-order valence-electron chi connectivity index (χ4n) is 0.697. The highest BCUT2D eigenvalue weighted by Gasteiger charge is 2.26. The molecule has 4 nitrogen and oxygen atoms in total. The Morgan fingerprint density at radius 1 is 1.56 bits per heavy atom. The molecule has 1 aliphatic rings. The number of aliphatic hydroxyl groups is 2. The van der Waals surface area contributed by atoms with E-state index >= 15 is 0 Å². The number of rotatable bonds is 0. The second kappa shape index (κ2) is 2.33. The minimum absolute atomic E-state index is 0.00981. The van der Waals surface area contributed by atoms with Crippen molar-refractivity contribution < 1.29 is 19.7 Å². The fourth-order valence-corrected chi connectivity index (χ4v) is 0.697. The van der Waals surface area contributed by atoms with Crippen LogP contribution in [0.15, 0.2) is 0 Å². The van der Waals surface area contributed by atoms with Crippen molar-refractivity contribution in [3.63, 3.8) is 0 Å². The van der Waals surface area contributed by atoms with E-state index in [1.54, 1.807) is 0 Å². The van der Waals surface area contributed by atoms with Crippen LogP contribution in [0.5, 0.6) is 0 Å². The minimum atomic E-state index is -1.13. The molecule has 0 saturated carbocycles. The van der Waals surface area contributed by atoms with Gasteiger partial charge < -0.3 is 14.9 Å². The number of carbonyl (C=O) groups excluding carboxylic acids is 1. The second-order valence-corrected chi connectivity index (χ2v) is 2.04. The van der Waals surface area contributed by atoms with Gasteiger partial charge in [0.1, 0.15) is 6.61 Å². The van der Waals surface area contributed by atoms with Gasteiger partial charge in [-0.1, -0.05) is 0 Å². The quantitative estimate of drug-likeness (QED) is 0.400. The van der Waals surface area contributed by atoms with Crippen molar-refractivity contribution >= 4 is 5.97 Å². The highest BCUT2D eigenvalue weighted by Crippen LogP contribution is 2.07. The van der Waals surface area contributed by atoms with Gasteiger partial charge in [0.2, 0.25) is 0 Å². The summed E-state index contributed by atoms with van der Waals surface area (Å²) in [5.41, 5.74) is 0. The summed E-state index contributed by atoms with van der Waals surface area (Å²) < 4.78 is 4.36. The van der Waals surface area contributed by atoms with Crippen LogP contribution in [-0.4, -0.2) is 35.0 Å². The van der Waals surface area contributed by atoms with Gasteiger partial charge in [0.05, 0.1) is 6.10 Å². The largest absolute Gasteiger partial charge is 0.461 e. The first-order chi connectivity index (χ1) is 4.20. The molecule has 0 amide bonds. The van der Waals surface area contributed by atoms with Crippen LogP contribution in [0.3, 0.4) is 0 Å². The topological polar surface area (TPSA) is 66.8 Å². The summed E-state index contributed by atoms with van der Waals surface area (Å²) in [4.78, 5) is 10.4. The van der Waals surface area contributed by atoms with Crippen molar-refractivity contribution in [2.24, 2.45) is 0 Å². The molecule has 4 heteroatoms. The third-order valence-electron chi connectivity index (χ3n) is 1.19. The Morgan fingerprint density at radius 3 is 2.67 bits per heavy atom. The lowest BCUT2D eigenvalue weighted by Crippen LogP contribution is -2.37. The first kappa shape index (κ1) is 6.51. The van der Waals surface area contributed by atoms with E-state index in [1.807, 2.05) is 0 Å². The molecule has 0 aliphatic carbocycles. The van der Waals surface area contributed by atoms with Crippen LogP contribution in [0.25, 0.3) is 0 Å². The van der Waals surface area contributed by atoms with E-state index in [9.17, 15) is 4.79 Å². The number of hydrogen-bond acceptors (Lipinski definition) is 4. The van der Waals surface area contributed by atoms with Gasteiger partial charge >= 0.3 is 5.97 Å². The van der Waals surface area contributed by atoms with Crippen LogP contribution < -0.4 is 0 Å². The summed E-state index contributed by atoms with van der Waals surface area (Å²) >= 11 is 0. The zero-order chi connectivity index (χ0) is 6.85. The molecule has 2 N–H and O–H groups in total. The fraction of sp³-hybridized carbons (Fsp3) is 0.800. The molecule has 0 aromatic carbocycles. The molecule has 0 spiro atoms. The number of esters is 1. The predicted molar refractivity (Wildman–Crippen MR) is 27.6 cm³/mol. The van der Waals surface area contributed by atoms with Crippen LogP contribution in [0.4, 0.5) is 0 Å². The third kappa shape index (κ3) is 1.40. The average Bonchev–Trinajstić information content (AvgIpc) is 1.80. The maximum absolute atomic E-state index is 10.4. The Balaban J connectivity index is 2.44. The van der Waals surface area contributed by atoms with E-state index in [4.69, 9.17) is 10.2 Å².